The Balaban J connectivity index is 1.24. The average molecular weight is 438 g/mol. The first-order valence-electron chi connectivity index (χ1n) is 11.7. The summed E-state index contributed by atoms with van der Waals surface area (Å²) in [6.45, 7) is 4.83. The molecule has 0 unspecified atom stereocenters. The minimum atomic E-state index is 0.153. The summed E-state index contributed by atoms with van der Waals surface area (Å²) < 4.78 is 0. The fourth-order valence-corrected chi connectivity index (χ4v) is 5.82. The normalized spacial score (nSPS) is 18.6. The molecule has 2 fully saturated rings. The largest absolute Gasteiger partial charge is 0.367 e. The van der Waals surface area contributed by atoms with Crippen molar-refractivity contribution in [1.29, 1.82) is 0 Å². The molecule has 31 heavy (non-hydrogen) atoms. The maximum absolute atomic E-state index is 12.6. The number of hydrogen-bond acceptors (Lipinski definition) is 4. The van der Waals surface area contributed by atoms with Gasteiger partial charge in [-0.15, -0.1) is 0 Å². The molecule has 166 valence electrons. The highest BCUT2D eigenvalue weighted by Gasteiger charge is 2.26. The molecule has 2 aromatic rings. The molecule has 2 heterocycles. The molecule has 5 heteroatoms. The van der Waals surface area contributed by atoms with Crippen molar-refractivity contribution in [3.05, 3.63) is 66.2 Å². The number of hydrogen-bond donors (Lipinski definition) is 1. The van der Waals surface area contributed by atoms with E-state index in [-0.39, 0.29) is 11.8 Å². The van der Waals surface area contributed by atoms with Gasteiger partial charge < -0.3 is 15.1 Å². The van der Waals surface area contributed by atoms with Gasteiger partial charge in [-0.25, -0.2) is 0 Å². The van der Waals surface area contributed by atoms with Crippen LogP contribution in [-0.2, 0) is 11.3 Å². The van der Waals surface area contributed by atoms with E-state index in [4.69, 9.17) is 0 Å². The van der Waals surface area contributed by atoms with Crippen LogP contribution in [0.25, 0.3) is 0 Å². The third-order valence-corrected chi connectivity index (χ3v) is 7.69. The van der Waals surface area contributed by atoms with Crippen molar-refractivity contribution in [3.63, 3.8) is 0 Å². The first-order valence-corrected chi connectivity index (χ1v) is 12.9. The maximum atomic E-state index is 12.6. The van der Waals surface area contributed by atoms with E-state index in [0.717, 1.165) is 44.6 Å². The molecule has 1 N–H and O–H groups in total. The number of carbonyl (C=O) groups excluding carboxylic acids is 1. The van der Waals surface area contributed by atoms with E-state index in [9.17, 15) is 4.79 Å². The van der Waals surface area contributed by atoms with Crippen LogP contribution in [0.15, 0.2) is 60.7 Å². The van der Waals surface area contributed by atoms with Crippen molar-refractivity contribution in [3.8, 4) is 0 Å². The quantitative estimate of drug-likeness (QED) is 0.663. The highest BCUT2D eigenvalue weighted by molar-refractivity contribution is 7.99. The fraction of sp³-hybridized carbons (Fsp3) is 0.500. The molecule has 4 rings (SSSR count). The number of nitrogens with zero attached hydrogens (tertiary/aromatic N) is 2. The summed E-state index contributed by atoms with van der Waals surface area (Å²) in [5, 5.41) is 3.13. The molecule has 2 aliphatic rings. The number of piperidine rings is 1. The molecular weight excluding hydrogens is 402 g/mol. The van der Waals surface area contributed by atoms with Crippen molar-refractivity contribution >= 4 is 23.4 Å². The van der Waals surface area contributed by atoms with Crippen LogP contribution in [-0.4, -0.2) is 54.5 Å². The van der Waals surface area contributed by atoms with E-state index < -0.39 is 0 Å². The number of nitrogens with one attached hydrogen (secondary N) is 1. The van der Waals surface area contributed by atoms with Gasteiger partial charge in [-0.2, -0.15) is 11.8 Å². The van der Waals surface area contributed by atoms with Crippen LogP contribution >= 0.6 is 11.8 Å². The molecule has 0 aromatic heterocycles. The van der Waals surface area contributed by atoms with Gasteiger partial charge in [0.1, 0.15) is 0 Å². The molecular formula is C26H35N3OS. The lowest BCUT2D eigenvalue weighted by Crippen LogP contribution is -2.46. The molecule has 0 atom stereocenters. The first-order chi connectivity index (χ1) is 15.3. The van der Waals surface area contributed by atoms with Gasteiger partial charge in [-0.1, -0.05) is 48.5 Å². The van der Waals surface area contributed by atoms with Gasteiger partial charge in [0.25, 0.3) is 0 Å². The number of rotatable bonds is 8. The lowest BCUT2D eigenvalue weighted by molar-refractivity contribution is -0.126. The topological polar surface area (TPSA) is 35.6 Å². The third kappa shape index (κ3) is 6.50. The first kappa shape index (κ1) is 22.2. The summed E-state index contributed by atoms with van der Waals surface area (Å²) in [6, 6.07) is 21.7. The van der Waals surface area contributed by atoms with Crippen LogP contribution in [0.4, 0.5) is 5.69 Å². The molecule has 2 saturated heterocycles. The zero-order chi connectivity index (χ0) is 21.3. The Bertz CT molecular complexity index is 787. The van der Waals surface area contributed by atoms with E-state index in [1.807, 2.05) is 18.2 Å². The molecule has 0 radical (unpaired) electrons. The van der Waals surface area contributed by atoms with Gasteiger partial charge in [0, 0.05) is 37.3 Å². The summed E-state index contributed by atoms with van der Waals surface area (Å²) in [4.78, 5) is 17.8. The number of thioether (sulfide) groups is 1. The zero-order valence-corrected chi connectivity index (χ0v) is 19.2. The third-order valence-electron chi connectivity index (χ3n) is 6.64. The number of anilines is 1. The minimum absolute atomic E-state index is 0.153. The number of amides is 1. The van der Waals surface area contributed by atoms with Crippen molar-refractivity contribution in [1.82, 2.24) is 10.2 Å². The van der Waals surface area contributed by atoms with E-state index in [0.29, 0.717) is 12.6 Å². The van der Waals surface area contributed by atoms with Crippen LogP contribution in [0.5, 0.6) is 0 Å². The Morgan fingerprint density at radius 2 is 1.58 bits per heavy atom. The molecule has 0 bridgehead atoms. The Morgan fingerprint density at radius 1 is 0.935 bits per heavy atom. The van der Waals surface area contributed by atoms with Crippen molar-refractivity contribution in [2.45, 2.75) is 38.3 Å². The molecule has 2 aliphatic heterocycles. The van der Waals surface area contributed by atoms with Gasteiger partial charge >= 0.3 is 0 Å². The van der Waals surface area contributed by atoms with Crippen molar-refractivity contribution in [2.24, 2.45) is 5.92 Å². The Hall–Kier alpha value is -1.98. The second-order valence-corrected chi connectivity index (χ2v) is 9.92. The second-order valence-electron chi connectivity index (χ2n) is 8.69. The molecule has 0 saturated carbocycles. The lowest BCUT2D eigenvalue weighted by atomic mass is 9.95. The maximum Gasteiger partial charge on any atom is 0.223 e. The van der Waals surface area contributed by atoms with Crippen molar-refractivity contribution in [2.75, 3.05) is 42.6 Å². The minimum Gasteiger partial charge on any atom is -0.367 e. The molecule has 1 amide bonds. The zero-order valence-electron chi connectivity index (χ0n) is 18.4. The van der Waals surface area contributed by atoms with Gasteiger partial charge in [-0.05, 0) is 68.0 Å². The Labute approximate surface area is 191 Å². The fourth-order valence-electron chi connectivity index (χ4n) is 4.74. The van der Waals surface area contributed by atoms with Gasteiger partial charge in [0.15, 0.2) is 0 Å². The molecule has 2 aromatic carbocycles. The second kappa shape index (κ2) is 11.6. The molecule has 0 spiro atoms. The SMILES string of the molecule is O=C(NCc1ccccc1)C1CCN(CCN(c2ccccc2)C2CCSCC2)CC1. The standard InChI is InChI=1S/C26H35N3OS/c30-26(27-21-22-7-3-1-4-8-22)23-11-15-28(16-12-23)17-18-29(24-9-5-2-6-10-24)25-13-19-31-20-14-25/h1-10,23,25H,11-21H2,(H,27,30). The predicted octanol–water partition coefficient (Wildman–Crippen LogP) is 4.42. The van der Waals surface area contributed by atoms with Crippen LogP contribution in [0.2, 0.25) is 0 Å². The van der Waals surface area contributed by atoms with E-state index in [1.165, 1.54) is 30.0 Å². The van der Waals surface area contributed by atoms with Crippen LogP contribution in [0.3, 0.4) is 0 Å². The van der Waals surface area contributed by atoms with Crippen LogP contribution in [0.1, 0.15) is 31.2 Å². The average Bonchev–Trinajstić information content (AvgIpc) is 2.85. The predicted molar refractivity (Wildman–Crippen MR) is 132 cm³/mol. The monoisotopic (exact) mass is 437 g/mol. The summed E-state index contributed by atoms with van der Waals surface area (Å²) in [7, 11) is 0. The van der Waals surface area contributed by atoms with Crippen molar-refractivity contribution < 1.29 is 4.79 Å². The molecule has 0 aliphatic carbocycles. The van der Waals surface area contributed by atoms with E-state index >= 15 is 0 Å². The summed E-state index contributed by atoms with van der Waals surface area (Å²) >= 11 is 2.09. The Kier molecular flexibility index (Phi) is 8.31. The van der Waals surface area contributed by atoms with Gasteiger partial charge in [-0.3, -0.25) is 4.79 Å². The molecule has 4 nitrogen and oxygen atoms in total. The lowest BCUT2D eigenvalue weighted by Gasteiger charge is -2.38. The summed E-state index contributed by atoms with van der Waals surface area (Å²) in [6.07, 6.45) is 4.49. The number of carbonyl (C=O) groups is 1. The van der Waals surface area contributed by atoms with Gasteiger partial charge in [0.2, 0.25) is 5.91 Å². The number of benzene rings is 2. The number of likely N-dealkylation sites (tertiary alicyclic amines) is 1. The van der Waals surface area contributed by atoms with E-state index in [1.54, 1.807) is 0 Å². The smallest absolute Gasteiger partial charge is 0.223 e. The highest BCUT2D eigenvalue weighted by Crippen LogP contribution is 2.27. The van der Waals surface area contributed by atoms with Gasteiger partial charge in [0.05, 0.1) is 0 Å². The number of para-hydroxylation sites is 1. The highest BCUT2D eigenvalue weighted by atomic mass is 32.2. The van der Waals surface area contributed by atoms with E-state index in [2.05, 4.69) is 69.3 Å². The van der Waals surface area contributed by atoms with Crippen LogP contribution in [0, 0.1) is 5.92 Å². The Morgan fingerprint density at radius 3 is 2.26 bits per heavy atom. The summed E-state index contributed by atoms with van der Waals surface area (Å²) in [5.74, 6) is 2.92. The summed E-state index contributed by atoms with van der Waals surface area (Å²) in [5.41, 5.74) is 2.52. The van der Waals surface area contributed by atoms with Crippen LogP contribution < -0.4 is 10.2 Å².